The summed E-state index contributed by atoms with van der Waals surface area (Å²) < 4.78 is 9.84. The molecule has 3 rings (SSSR count). The van der Waals surface area contributed by atoms with Gasteiger partial charge >= 0.3 is 17.9 Å². The van der Waals surface area contributed by atoms with Crippen molar-refractivity contribution in [3.63, 3.8) is 0 Å². The standard InChI is InChI=1S/C23H17Cl2N3O6/c1-33-22(31)18-17(11-6-4-3-5-7-11)13(10-26)20(27)28(19(18)23(32)34-2)16-9-15(25)14(24)8-12(16)21(29)30/h3-9,17H,27H2,1-2H3,(H,29,30). The highest BCUT2D eigenvalue weighted by atomic mass is 35.5. The Labute approximate surface area is 204 Å². The highest BCUT2D eigenvalue weighted by molar-refractivity contribution is 6.42. The Kier molecular flexibility index (Phi) is 7.15. The van der Waals surface area contributed by atoms with Crippen LogP contribution in [0.5, 0.6) is 0 Å². The third-order valence-electron chi connectivity index (χ3n) is 5.12. The van der Waals surface area contributed by atoms with Crippen LogP contribution < -0.4 is 10.6 Å². The van der Waals surface area contributed by atoms with Crippen LogP contribution in [0.1, 0.15) is 21.8 Å². The van der Waals surface area contributed by atoms with E-state index in [0.717, 1.165) is 31.3 Å². The number of nitrogens with zero attached hydrogens (tertiary/aromatic N) is 2. The van der Waals surface area contributed by atoms with E-state index in [1.807, 2.05) is 6.07 Å². The molecule has 11 heteroatoms. The van der Waals surface area contributed by atoms with Crippen LogP contribution in [0.2, 0.25) is 10.0 Å². The van der Waals surface area contributed by atoms with Crippen molar-refractivity contribution in [1.82, 2.24) is 0 Å². The van der Waals surface area contributed by atoms with Gasteiger partial charge in [0, 0.05) is 0 Å². The number of methoxy groups -OCH3 is 2. The van der Waals surface area contributed by atoms with Crippen molar-refractivity contribution >= 4 is 46.8 Å². The van der Waals surface area contributed by atoms with E-state index >= 15 is 0 Å². The van der Waals surface area contributed by atoms with E-state index in [1.165, 1.54) is 0 Å². The van der Waals surface area contributed by atoms with Crippen molar-refractivity contribution in [2.75, 3.05) is 19.1 Å². The molecule has 0 amide bonds. The number of halogens is 2. The van der Waals surface area contributed by atoms with Crippen molar-refractivity contribution < 1.29 is 29.0 Å². The first kappa shape index (κ1) is 24.6. The second-order valence-corrected chi connectivity index (χ2v) is 7.74. The normalized spacial score (nSPS) is 15.6. The fourth-order valence-electron chi connectivity index (χ4n) is 3.66. The molecule has 174 valence electrons. The number of rotatable bonds is 5. The Bertz CT molecular complexity index is 1300. The molecule has 3 N–H and O–H groups in total. The predicted molar refractivity (Wildman–Crippen MR) is 123 cm³/mol. The molecule has 0 aliphatic carbocycles. The molecule has 1 aliphatic rings. The van der Waals surface area contributed by atoms with Gasteiger partial charge in [0.15, 0.2) is 0 Å². The second-order valence-electron chi connectivity index (χ2n) is 6.92. The first-order valence-electron chi connectivity index (χ1n) is 9.55. The van der Waals surface area contributed by atoms with Crippen LogP contribution in [-0.2, 0) is 19.1 Å². The maximum atomic E-state index is 13.0. The molecular weight excluding hydrogens is 485 g/mol. The van der Waals surface area contributed by atoms with Gasteiger partial charge in [-0.1, -0.05) is 53.5 Å². The molecule has 1 unspecified atom stereocenters. The van der Waals surface area contributed by atoms with Gasteiger partial charge in [-0.15, -0.1) is 0 Å². The summed E-state index contributed by atoms with van der Waals surface area (Å²) in [5.41, 5.74) is 5.40. The lowest BCUT2D eigenvalue weighted by molar-refractivity contribution is -0.139. The molecule has 2 aromatic rings. The number of nitriles is 1. The molecule has 1 aliphatic heterocycles. The maximum Gasteiger partial charge on any atom is 0.355 e. The lowest BCUT2D eigenvalue weighted by Crippen LogP contribution is -2.41. The monoisotopic (exact) mass is 501 g/mol. The number of nitrogens with two attached hydrogens (primary N) is 1. The average Bonchev–Trinajstić information content (AvgIpc) is 2.84. The molecule has 34 heavy (non-hydrogen) atoms. The molecule has 1 atom stereocenters. The van der Waals surface area contributed by atoms with Gasteiger partial charge in [0.2, 0.25) is 0 Å². The van der Waals surface area contributed by atoms with E-state index < -0.39 is 35.1 Å². The third kappa shape index (κ3) is 4.17. The number of benzene rings is 2. The molecule has 2 aromatic carbocycles. The number of carbonyl (C=O) groups excluding carboxylic acids is 2. The van der Waals surface area contributed by atoms with Gasteiger partial charge in [0.05, 0.1) is 58.6 Å². The Hall–Kier alpha value is -4.00. The number of carbonyl (C=O) groups is 3. The number of hydrogen-bond donors (Lipinski definition) is 2. The zero-order chi connectivity index (χ0) is 25.2. The summed E-state index contributed by atoms with van der Waals surface area (Å²) in [5.74, 6) is -4.79. The minimum absolute atomic E-state index is 0.0537. The highest BCUT2D eigenvalue weighted by Gasteiger charge is 2.43. The summed E-state index contributed by atoms with van der Waals surface area (Å²) in [6.45, 7) is 0. The van der Waals surface area contributed by atoms with E-state index in [4.69, 9.17) is 38.4 Å². The topological polar surface area (TPSA) is 143 Å². The summed E-state index contributed by atoms with van der Waals surface area (Å²) in [6, 6.07) is 12.6. The fourth-order valence-corrected chi connectivity index (χ4v) is 3.98. The number of aromatic carboxylic acids is 1. The van der Waals surface area contributed by atoms with E-state index in [-0.39, 0.29) is 32.7 Å². The SMILES string of the molecule is COC(=O)C1=C(C(=O)OC)N(c2cc(Cl)c(Cl)cc2C(=O)O)C(N)=C(C#N)C1c1ccccc1. The number of allylic oxidation sites excluding steroid dienone is 1. The molecule has 1 heterocycles. The van der Waals surface area contributed by atoms with Gasteiger partial charge in [0.25, 0.3) is 0 Å². The van der Waals surface area contributed by atoms with Crippen molar-refractivity contribution in [3.05, 3.63) is 86.3 Å². The molecule has 0 radical (unpaired) electrons. The van der Waals surface area contributed by atoms with E-state index in [1.54, 1.807) is 30.3 Å². The minimum Gasteiger partial charge on any atom is -0.478 e. The van der Waals surface area contributed by atoms with Crippen LogP contribution in [-0.4, -0.2) is 37.2 Å². The predicted octanol–water partition coefficient (Wildman–Crippen LogP) is 3.59. The first-order chi connectivity index (χ1) is 16.2. The Morgan fingerprint density at radius 2 is 1.65 bits per heavy atom. The van der Waals surface area contributed by atoms with Crippen LogP contribution in [0.4, 0.5) is 5.69 Å². The molecule has 0 bridgehead atoms. The quantitative estimate of drug-likeness (QED) is 0.587. The summed E-state index contributed by atoms with van der Waals surface area (Å²) in [4.78, 5) is 39.0. The zero-order valence-corrected chi connectivity index (χ0v) is 19.3. The molecule has 0 spiro atoms. The Morgan fingerprint density at radius 3 is 2.18 bits per heavy atom. The average molecular weight is 502 g/mol. The number of carboxylic acids is 1. The van der Waals surface area contributed by atoms with Crippen molar-refractivity contribution in [1.29, 1.82) is 5.26 Å². The number of esters is 2. The van der Waals surface area contributed by atoms with Gasteiger partial charge in [0.1, 0.15) is 11.5 Å². The maximum absolute atomic E-state index is 13.0. The van der Waals surface area contributed by atoms with E-state index in [9.17, 15) is 24.8 Å². The number of anilines is 1. The van der Waals surface area contributed by atoms with E-state index in [0.29, 0.717) is 5.56 Å². The van der Waals surface area contributed by atoms with Crippen LogP contribution >= 0.6 is 23.2 Å². The molecule has 0 fully saturated rings. The smallest absolute Gasteiger partial charge is 0.355 e. The fraction of sp³-hybridized carbons (Fsp3) is 0.130. The van der Waals surface area contributed by atoms with Crippen LogP contribution in [0.3, 0.4) is 0 Å². The number of carboxylic acid groups (broad SMARTS) is 1. The lowest BCUT2D eigenvalue weighted by Gasteiger charge is -2.36. The number of ether oxygens (including phenoxy) is 2. The molecule has 0 saturated carbocycles. The van der Waals surface area contributed by atoms with Crippen molar-refractivity contribution in [2.45, 2.75) is 5.92 Å². The third-order valence-corrected chi connectivity index (χ3v) is 5.84. The summed E-state index contributed by atoms with van der Waals surface area (Å²) in [6.07, 6.45) is 0. The Morgan fingerprint density at radius 1 is 1.06 bits per heavy atom. The van der Waals surface area contributed by atoms with Gasteiger partial charge in [-0.3, -0.25) is 4.90 Å². The van der Waals surface area contributed by atoms with Gasteiger partial charge in [-0.25, -0.2) is 14.4 Å². The lowest BCUT2D eigenvalue weighted by atomic mass is 9.80. The van der Waals surface area contributed by atoms with Crippen molar-refractivity contribution in [2.24, 2.45) is 5.73 Å². The van der Waals surface area contributed by atoms with Crippen LogP contribution in [0, 0.1) is 11.3 Å². The summed E-state index contributed by atoms with van der Waals surface area (Å²) in [7, 11) is 2.18. The minimum atomic E-state index is -1.42. The Balaban J connectivity index is 2.51. The van der Waals surface area contributed by atoms with Crippen LogP contribution in [0.25, 0.3) is 0 Å². The summed E-state index contributed by atoms with van der Waals surface area (Å²) in [5, 5.41) is 19.7. The van der Waals surface area contributed by atoms with Gasteiger partial charge in [-0.05, 0) is 17.7 Å². The van der Waals surface area contributed by atoms with Gasteiger partial charge in [-0.2, -0.15) is 5.26 Å². The van der Waals surface area contributed by atoms with Crippen LogP contribution in [0.15, 0.2) is 65.1 Å². The largest absolute Gasteiger partial charge is 0.478 e. The van der Waals surface area contributed by atoms with E-state index in [2.05, 4.69) is 0 Å². The molecular formula is C23H17Cl2N3O6. The first-order valence-corrected chi connectivity index (χ1v) is 10.3. The number of hydrogen-bond acceptors (Lipinski definition) is 8. The highest BCUT2D eigenvalue weighted by Crippen LogP contribution is 2.45. The van der Waals surface area contributed by atoms with Crippen molar-refractivity contribution in [3.8, 4) is 6.07 Å². The molecule has 0 aromatic heterocycles. The molecule has 0 saturated heterocycles. The van der Waals surface area contributed by atoms with Gasteiger partial charge < -0.3 is 20.3 Å². The second kappa shape index (κ2) is 9.87. The molecule has 9 nitrogen and oxygen atoms in total. The summed E-state index contributed by atoms with van der Waals surface area (Å²) >= 11 is 12.1. The zero-order valence-electron chi connectivity index (χ0n) is 17.8.